The van der Waals surface area contributed by atoms with Crippen LogP contribution in [0.1, 0.15) is 37.2 Å². The molecule has 6 rings (SSSR count). The number of amides is 2. The van der Waals surface area contributed by atoms with E-state index in [1.165, 1.54) is 6.07 Å². The van der Waals surface area contributed by atoms with Crippen molar-refractivity contribution >= 4 is 11.8 Å². The molecule has 3 atom stereocenters. The van der Waals surface area contributed by atoms with E-state index in [1.54, 1.807) is 11.0 Å². The van der Waals surface area contributed by atoms with Gasteiger partial charge < -0.3 is 10.6 Å². The lowest BCUT2D eigenvalue weighted by atomic mass is 9.75. The molecule has 2 amide bonds. The maximum absolute atomic E-state index is 14.6. The summed E-state index contributed by atoms with van der Waals surface area (Å²) in [5, 5.41) is 0. The molecule has 0 spiro atoms. The number of fused-ring (bicyclic) bond motifs is 2. The summed E-state index contributed by atoms with van der Waals surface area (Å²) in [6, 6.07) is 4.19. The van der Waals surface area contributed by atoms with Crippen molar-refractivity contribution in [2.24, 2.45) is 17.1 Å². The van der Waals surface area contributed by atoms with E-state index in [9.17, 15) is 18.4 Å². The van der Waals surface area contributed by atoms with E-state index in [0.29, 0.717) is 30.9 Å². The van der Waals surface area contributed by atoms with Gasteiger partial charge in [0.25, 0.3) is 0 Å². The highest BCUT2D eigenvalue weighted by Gasteiger charge is 2.62. The van der Waals surface area contributed by atoms with Gasteiger partial charge in [0.2, 0.25) is 11.8 Å². The van der Waals surface area contributed by atoms with Crippen molar-refractivity contribution in [2.45, 2.75) is 43.7 Å². The highest BCUT2D eigenvalue weighted by Crippen LogP contribution is 2.52. The van der Waals surface area contributed by atoms with Crippen molar-refractivity contribution in [2.75, 3.05) is 19.6 Å². The molecule has 1 aromatic rings. The van der Waals surface area contributed by atoms with Gasteiger partial charge in [-0.05, 0) is 56.3 Å². The van der Waals surface area contributed by atoms with Crippen molar-refractivity contribution in [3.05, 3.63) is 35.4 Å². The molecule has 5 nitrogen and oxygen atoms in total. The fourth-order valence-electron chi connectivity index (χ4n) is 5.70. The highest BCUT2D eigenvalue weighted by molar-refractivity contribution is 6.07. The summed E-state index contributed by atoms with van der Waals surface area (Å²) >= 11 is 0. The fraction of sp³-hybridized carbons (Fsp3) is 0.600. The minimum atomic E-state index is -1.08. The summed E-state index contributed by atoms with van der Waals surface area (Å²) in [5.41, 5.74) is 4.78. The third kappa shape index (κ3) is 2.30. The molecule has 1 aliphatic carbocycles. The monoisotopic (exact) mass is 375 g/mol. The topological polar surface area (TPSA) is 66.6 Å². The molecule has 1 aromatic carbocycles. The summed E-state index contributed by atoms with van der Waals surface area (Å²) in [6.07, 6.45) is 2.96. The molecule has 0 radical (unpaired) electrons. The second kappa shape index (κ2) is 5.74. The smallest absolute Gasteiger partial charge is 0.238 e. The lowest BCUT2D eigenvalue weighted by molar-refractivity contribution is -0.146. The molecule has 0 aromatic heterocycles. The summed E-state index contributed by atoms with van der Waals surface area (Å²) in [7, 11) is 0. The number of carbonyl (C=O) groups is 2. The third-order valence-corrected chi connectivity index (χ3v) is 7.27. The summed E-state index contributed by atoms with van der Waals surface area (Å²) in [4.78, 5) is 29.3. The van der Waals surface area contributed by atoms with Gasteiger partial charge in [0.15, 0.2) is 11.6 Å². The number of nitrogens with two attached hydrogens (primary N) is 1. The Morgan fingerprint density at radius 3 is 2.44 bits per heavy atom. The SMILES string of the molecule is NC(=O)C1(C(=O)N2CC(c3cccc(F)c3F)C3C2C2CCN3CC2)CC1. The molecule has 5 fully saturated rings. The Kier molecular flexibility index (Phi) is 3.63. The van der Waals surface area contributed by atoms with E-state index >= 15 is 0 Å². The van der Waals surface area contributed by atoms with Crippen LogP contribution in [0.3, 0.4) is 0 Å². The number of halogens is 2. The number of piperidine rings is 3. The predicted molar refractivity (Wildman–Crippen MR) is 93.5 cm³/mol. The van der Waals surface area contributed by atoms with Crippen LogP contribution in [-0.4, -0.2) is 53.3 Å². The summed E-state index contributed by atoms with van der Waals surface area (Å²) in [6.45, 7) is 2.15. The number of hydrogen-bond acceptors (Lipinski definition) is 3. The zero-order valence-corrected chi connectivity index (χ0v) is 15.0. The van der Waals surface area contributed by atoms with Crippen LogP contribution in [0.25, 0.3) is 0 Å². The first-order valence-corrected chi connectivity index (χ1v) is 9.73. The second-order valence-corrected chi connectivity index (χ2v) is 8.51. The van der Waals surface area contributed by atoms with E-state index in [4.69, 9.17) is 5.73 Å². The van der Waals surface area contributed by atoms with Gasteiger partial charge in [0.05, 0.1) is 6.04 Å². The highest BCUT2D eigenvalue weighted by atomic mass is 19.2. The van der Waals surface area contributed by atoms with Crippen molar-refractivity contribution in [3.63, 3.8) is 0 Å². The van der Waals surface area contributed by atoms with Crippen molar-refractivity contribution in [1.29, 1.82) is 0 Å². The molecular weight excluding hydrogens is 352 g/mol. The quantitative estimate of drug-likeness (QED) is 0.817. The predicted octanol–water partition coefficient (Wildman–Crippen LogP) is 1.62. The van der Waals surface area contributed by atoms with Crippen LogP contribution in [0.4, 0.5) is 8.78 Å². The van der Waals surface area contributed by atoms with Gasteiger partial charge in [-0.3, -0.25) is 14.5 Å². The van der Waals surface area contributed by atoms with Crippen molar-refractivity contribution < 1.29 is 18.4 Å². The van der Waals surface area contributed by atoms with Gasteiger partial charge in [0.1, 0.15) is 5.41 Å². The van der Waals surface area contributed by atoms with Crippen LogP contribution < -0.4 is 5.73 Å². The fourth-order valence-corrected chi connectivity index (χ4v) is 5.70. The Balaban J connectivity index is 1.55. The molecule has 144 valence electrons. The number of benzene rings is 1. The number of hydrogen-bond donors (Lipinski definition) is 1. The Hall–Kier alpha value is -2.02. The third-order valence-electron chi connectivity index (χ3n) is 7.27. The van der Waals surface area contributed by atoms with Gasteiger partial charge in [0, 0.05) is 18.5 Å². The van der Waals surface area contributed by atoms with Crippen LogP contribution in [0.5, 0.6) is 0 Å². The molecule has 4 aliphatic heterocycles. The molecule has 3 unspecified atom stereocenters. The minimum Gasteiger partial charge on any atom is -0.369 e. The average molecular weight is 375 g/mol. The van der Waals surface area contributed by atoms with E-state index in [1.807, 2.05) is 0 Å². The minimum absolute atomic E-state index is 0.0265. The molecule has 2 bridgehead atoms. The first-order chi connectivity index (χ1) is 12.9. The first-order valence-electron chi connectivity index (χ1n) is 9.73. The van der Waals surface area contributed by atoms with Crippen molar-refractivity contribution in [3.8, 4) is 0 Å². The van der Waals surface area contributed by atoms with Crippen LogP contribution >= 0.6 is 0 Å². The maximum atomic E-state index is 14.6. The van der Waals surface area contributed by atoms with Crippen LogP contribution in [0.2, 0.25) is 0 Å². The standard InChI is InChI=1S/C20H23F2N3O2/c21-14-3-1-2-12(15(14)22)13-10-25(19(27)20(6-7-20)18(23)26)16-11-4-8-24(9-5-11)17(13)16/h1-3,11,13,16-17H,4-10H2,(H2,23,26). The van der Waals surface area contributed by atoms with Gasteiger partial charge in [-0.15, -0.1) is 0 Å². The summed E-state index contributed by atoms with van der Waals surface area (Å²) < 4.78 is 28.5. The molecular formula is C20H23F2N3O2. The Labute approximate surface area is 156 Å². The summed E-state index contributed by atoms with van der Waals surface area (Å²) in [5.74, 6) is -2.41. The molecule has 1 saturated carbocycles. The second-order valence-electron chi connectivity index (χ2n) is 8.51. The van der Waals surface area contributed by atoms with E-state index in [2.05, 4.69) is 4.90 Å². The van der Waals surface area contributed by atoms with E-state index in [-0.39, 0.29) is 23.9 Å². The molecule has 4 heterocycles. The largest absolute Gasteiger partial charge is 0.369 e. The zero-order valence-electron chi connectivity index (χ0n) is 15.0. The number of carbonyl (C=O) groups excluding carboxylic acids is 2. The molecule has 4 saturated heterocycles. The van der Waals surface area contributed by atoms with Gasteiger partial charge in [-0.2, -0.15) is 0 Å². The Morgan fingerprint density at radius 2 is 1.81 bits per heavy atom. The van der Waals surface area contributed by atoms with Crippen molar-refractivity contribution in [1.82, 2.24) is 9.80 Å². The van der Waals surface area contributed by atoms with E-state index in [0.717, 1.165) is 32.0 Å². The average Bonchev–Trinajstić information content (AvgIpc) is 3.39. The van der Waals surface area contributed by atoms with Crippen LogP contribution in [0.15, 0.2) is 18.2 Å². The number of nitrogens with zero attached hydrogens (tertiary/aromatic N) is 2. The molecule has 7 heteroatoms. The number of rotatable bonds is 3. The zero-order chi connectivity index (χ0) is 18.9. The molecule has 27 heavy (non-hydrogen) atoms. The van der Waals surface area contributed by atoms with Crippen LogP contribution in [0, 0.1) is 23.0 Å². The van der Waals surface area contributed by atoms with Gasteiger partial charge >= 0.3 is 0 Å². The Morgan fingerprint density at radius 1 is 1.11 bits per heavy atom. The maximum Gasteiger partial charge on any atom is 0.238 e. The van der Waals surface area contributed by atoms with Crippen LogP contribution in [-0.2, 0) is 9.59 Å². The molecule has 2 N–H and O–H groups in total. The van der Waals surface area contributed by atoms with Gasteiger partial charge in [-0.1, -0.05) is 12.1 Å². The number of likely N-dealkylation sites (tertiary alicyclic amines) is 1. The Bertz CT molecular complexity index is 817. The normalized spacial score (nSPS) is 35.8. The first kappa shape index (κ1) is 17.1. The molecule has 5 aliphatic rings. The van der Waals surface area contributed by atoms with Gasteiger partial charge in [-0.25, -0.2) is 8.78 Å². The number of primary amides is 1. The van der Waals surface area contributed by atoms with E-state index < -0.39 is 23.0 Å². The lowest BCUT2D eigenvalue weighted by Crippen LogP contribution is -2.61. The lowest BCUT2D eigenvalue weighted by Gasteiger charge is -2.51.